The normalized spacial score (nSPS) is 11.0. The molecule has 0 aliphatic rings. The summed E-state index contributed by atoms with van der Waals surface area (Å²) in [4.78, 5) is -0.189. The number of hydrogen-bond donors (Lipinski definition) is 0. The third-order valence-electron chi connectivity index (χ3n) is 3.43. The minimum Gasteiger partial charge on any atom is -0.497 e. The van der Waals surface area contributed by atoms with Gasteiger partial charge in [-0.25, -0.2) is 8.42 Å². The van der Waals surface area contributed by atoms with Crippen molar-refractivity contribution in [2.75, 3.05) is 28.4 Å². The number of benzene rings is 2. The summed E-state index contributed by atoms with van der Waals surface area (Å²) in [6.45, 7) is 0. The zero-order valence-corrected chi connectivity index (χ0v) is 15.2. The Morgan fingerprint density at radius 1 is 0.792 bits per heavy atom. The van der Waals surface area contributed by atoms with E-state index in [9.17, 15) is 8.42 Å². The maximum atomic E-state index is 11.9. The topological polar surface area (TPSA) is 71.1 Å². The van der Waals surface area contributed by atoms with E-state index in [-0.39, 0.29) is 10.6 Å². The average Bonchev–Trinajstić information content (AvgIpc) is 2.58. The van der Waals surface area contributed by atoms with Gasteiger partial charge in [0, 0.05) is 27.9 Å². The van der Waals surface area contributed by atoms with Crippen LogP contribution in [0.2, 0.25) is 0 Å². The fourth-order valence-corrected chi connectivity index (χ4v) is 3.33. The summed E-state index contributed by atoms with van der Waals surface area (Å²) in [5.41, 5.74) is 1.03. The summed E-state index contributed by atoms with van der Waals surface area (Å²) in [6, 6.07) is 8.09. The molecule has 0 heterocycles. The van der Waals surface area contributed by atoms with Crippen molar-refractivity contribution in [1.29, 1.82) is 0 Å². The maximum absolute atomic E-state index is 11.9. The lowest BCUT2D eigenvalue weighted by Gasteiger charge is -2.17. The van der Waals surface area contributed by atoms with Gasteiger partial charge in [-0.1, -0.05) is 0 Å². The van der Waals surface area contributed by atoms with Crippen LogP contribution in [0.3, 0.4) is 0 Å². The van der Waals surface area contributed by atoms with E-state index >= 15 is 0 Å². The molecule has 0 amide bonds. The molecule has 0 bridgehead atoms. The van der Waals surface area contributed by atoms with Crippen LogP contribution in [0.5, 0.6) is 23.0 Å². The Balaban J connectivity index is 2.88. The van der Waals surface area contributed by atoms with Gasteiger partial charge in [-0.05, 0) is 24.3 Å². The van der Waals surface area contributed by atoms with Crippen LogP contribution in [-0.2, 0) is 9.05 Å². The van der Waals surface area contributed by atoms with Crippen molar-refractivity contribution in [3.8, 4) is 34.1 Å². The van der Waals surface area contributed by atoms with Crippen LogP contribution in [-0.4, -0.2) is 36.9 Å². The first kappa shape index (κ1) is 18.2. The molecule has 0 unspecified atom stereocenters. The fourth-order valence-electron chi connectivity index (χ4n) is 2.31. The van der Waals surface area contributed by atoms with Crippen LogP contribution in [0.1, 0.15) is 0 Å². The third-order valence-corrected chi connectivity index (χ3v) is 4.76. The number of rotatable bonds is 6. The van der Waals surface area contributed by atoms with Crippen molar-refractivity contribution in [2.24, 2.45) is 0 Å². The molecule has 0 radical (unpaired) electrons. The van der Waals surface area contributed by atoms with Crippen molar-refractivity contribution in [3.05, 3.63) is 30.3 Å². The molecule has 130 valence electrons. The molecule has 0 aliphatic carbocycles. The first-order valence-corrected chi connectivity index (χ1v) is 9.09. The highest BCUT2D eigenvalue weighted by Gasteiger charge is 2.24. The molecule has 0 spiro atoms. The first-order valence-electron chi connectivity index (χ1n) is 6.78. The Morgan fingerprint density at radius 3 is 1.92 bits per heavy atom. The predicted molar refractivity (Wildman–Crippen MR) is 91.1 cm³/mol. The van der Waals surface area contributed by atoms with Crippen LogP contribution >= 0.6 is 10.7 Å². The highest BCUT2D eigenvalue weighted by Crippen LogP contribution is 2.44. The molecule has 24 heavy (non-hydrogen) atoms. The van der Waals surface area contributed by atoms with Crippen molar-refractivity contribution < 1.29 is 27.4 Å². The van der Waals surface area contributed by atoms with E-state index in [2.05, 4.69) is 0 Å². The van der Waals surface area contributed by atoms with Crippen molar-refractivity contribution in [3.63, 3.8) is 0 Å². The Bertz CT molecular complexity index is 848. The van der Waals surface area contributed by atoms with Gasteiger partial charge in [0.15, 0.2) is 0 Å². The molecule has 2 aromatic carbocycles. The second-order valence-electron chi connectivity index (χ2n) is 4.71. The highest BCUT2D eigenvalue weighted by molar-refractivity contribution is 8.13. The van der Waals surface area contributed by atoms with Crippen molar-refractivity contribution >= 4 is 19.7 Å². The van der Waals surface area contributed by atoms with Crippen LogP contribution in [0, 0.1) is 0 Å². The van der Waals surface area contributed by atoms with Gasteiger partial charge in [0.05, 0.1) is 28.4 Å². The van der Waals surface area contributed by atoms with E-state index in [1.54, 1.807) is 24.3 Å². The summed E-state index contributed by atoms with van der Waals surface area (Å²) >= 11 is 0. The second kappa shape index (κ2) is 7.19. The summed E-state index contributed by atoms with van der Waals surface area (Å²) in [7, 11) is 7.33. The van der Waals surface area contributed by atoms with Crippen LogP contribution in [0.25, 0.3) is 11.1 Å². The molecule has 0 saturated heterocycles. The molecule has 0 saturated carbocycles. The smallest absolute Gasteiger partial charge is 0.265 e. The zero-order valence-electron chi connectivity index (χ0n) is 13.6. The quantitative estimate of drug-likeness (QED) is 0.724. The first-order chi connectivity index (χ1) is 11.3. The summed E-state index contributed by atoms with van der Waals surface area (Å²) < 4.78 is 44.9. The Morgan fingerprint density at radius 2 is 1.42 bits per heavy atom. The number of hydrogen-bond acceptors (Lipinski definition) is 6. The van der Waals surface area contributed by atoms with Crippen LogP contribution in [0.15, 0.2) is 35.2 Å². The molecule has 8 heteroatoms. The van der Waals surface area contributed by atoms with E-state index in [4.69, 9.17) is 29.6 Å². The van der Waals surface area contributed by atoms with Gasteiger partial charge in [-0.2, -0.15) is 0 Å². The molecule has 0 fully saturated rings. The highest BCUT2D eigenvalue weighted by atomic mass is 35.7. The maximum Gasteiger partial charge on any atom is 0.265 e. The Kier molecular flexibility index (Phi) is 5.46. The van der Waals surface area contributed by atoms with E-state index in [1.165, 1.54) is 34.5 Å². The van der Waals surface area contributed by atoms with Gasteiger partial charge in [0.1, 0.15) is 27.9 Å². The molecular formula is C16H17ClO6S. The van der Waals surface area contributed by atoms with Crippen LogP contribution < -0.4 is 18.9 Å². The number of methoxy groups -OCH3 is 4. The van der Waals surface area contributed by atoms with Gasteiger partial charge in [-0.3, -0.25) is 0 Å². The molecule has 0 atom stereocenters. The lowest BCUT2D eigenvalue weighted by Crippen LogP contribution is -2.01. The van der Waals surface area contributed by atoms with Crippen LogP contribution in [0.4, 0.5) is 0 Å². The number of halogens is 1. The fraction of sp³-hybridized carbons (Fsp3) is 0.250. The lowest BCUT2D eigenvalue weighted by atomic mass is 10.0. The molecule has 0 aliphatic heterocycles. The zero-order chi connectivity index (χ0) is 17.9. The van der Waals surface area contributed by atoms with E-state index in [1.807, 2.05) is 0 Å². The number of ether oxygens (including phenoxy) is 4. The molecule has 0 N–H and O–H groups in total. The van der Waals surface area contributed by atoms with Gasteiger partial charge in [-0.15, -0.1) is 0 Å². The summed E-state index contributed by atoms with van der Waals surface area (Å²) in [5.74, 6) is 1.50. The van der Waals surface area contributed by atoms with Gasteiger partial charge in [0.25, 0.3) is 9.05 Å². The lowest BCUT2D eigenvalue weighted by molar-refractivity contribution is 0.392. The summed E-state index contributed by atoms with van der Waals surface area (Å²) in [6.07, 6.45) is 0. The van der Waals surface area contributed by atoms with Crippen molar-refractivity contribution in [1.82, 2.24) is 0 Å². The monoisotopic (exact) mass is 372 g/mol. The van der Waals surface area contributed by atoms with Gasteiger partial charge in [0.2, 0.25) is 0 Å². The van der Waals surface area contributed by atoms with Gasteiger partial charge < -0.3 is 18.9 Å². The molecule has 6 nitrogen and oxygen atoms in total. The van der Waals surface area contributed by atoms with E-state index in [0.29, 0.717) is 28.4 Å². The molecule has 2 aromatic rings. The molecule has 2 rings (SSSR count). The average molecular weight is 373 g/mol. The predicted octanol–water partition coefficient (Wildman–Crippen LogP) is 3.32. The standard InChI is InChI=1S/C16H17ClO6S/c1-20-10-5-6-14(22-3)12(7-10)13-8-11(21-2)9-15(16(13)23-4)24(17,18)19/h5-9H,1-4H3. The second-order valence-corrected chi connectivity index (χ2v) is 7.24. The summed E-state index contributed by atoms with van der Waals surface area (Å²) in [5, 5.41) is 0. The van der Waals surface area contributed by atoms with E-state index in [0.717, 1.165) is 0 Å². The van der Waals surface area contributed by atoms with Gasteiger partial charge >= 0.3 is 0 Å². The van der Waals surface area contributed by atoms with E-state index < -0.39 is 9.05 Å². The van der Waals surface area contributed by atoms with Crippen molar-refractivity contribution in [2.45, 2.75) is 4.90 Å². The third kappa shape index (κ3) is 3.52. The minimum absolute atomic E-state index is 0.0948. The minimum atomic E-state index is -4.05. The Labute approximate surface area is 145 Å². The SMILES string of the molecule is COc1ccc(OC)c(-c2cc(OC)cc(S(=O)(=O)Cl)c2OC)c1. The molecule has 0 aromatic heterocycles. The largest absolute Gasteiger partial charge is 0.497 e. The Hall–Kier alpha value is -2.12. The molecular weight excluding hydrogens is 356 g/mol.